The van der Waals surface area contributed by atoms with Gasteiger partial charge in [-0.15, -0.1) is 11.3 Å². The fourth-order valence-corrected chi connectivity index (χ4v) is 6.85. The summed E-state index contributed by atoms with van der Waals surface area (Å²) in [5.74, 6) is 0.162. The molecule has 2 aromatic carbocycles. The molecule has 1 unspecified atom stereocenters. The van der Waals surface area contributed by atoms with Crippen molar-refractivity contribution in [3.63, 3.8) is 0 Å². The number of rotatable bonds is 3. The van der Waals surface area contributed by atoms with Crippen LogP contribution in [-0.2, 0) is 12.8 Å². The SMILES string of the molecule is Cc1cccc(N2CCN(C(=O)c3cc4c(s3)-c3c(C)nn(-c5ccccc5)c3CC4)CC2C)c1. The molecule has 0 saturated carbocycles. The van der Waals surface area contributed by atoms with Crippen molar-refractivity contribution in [1.82, 2.24) is 14.7 Å². The van der Waals surface area contributed by atoms with Gasteiger partial charge >= 0.3 is 0 Å². The van der Waals surface area contributed by atoms with E-state index in [1.165, 1.54) is 32.9 Å². The Kier molecular flexibility index (Phi) is 5.49. The van der Waals surface area contributed by atoms with E-state index in [4.69, 9.17) is 5.10 Å². The summed E-state index contributed by atoms with van der Waals surface area (Å²) in [7, 11) is 0. The minimum atomic E-state index is 0.162. The van der Waals surface area contributed by atoms with Crippen LogP contribution in [0.1, 0.15) is 39.1 Å². The highest BCUT2D eigenvalue weighted by Gasteiger charge is 2.31. The predicted molar refractivity (Wildman–Crippen MR) is 143 cm³/mol. The van der Waals surface area contributed by atoms with Crippen molar-refractivity contribution >= 4 is 22.9 Å². The monoisotopic (exact) mass is 482 g/mol. The Morgan fingerprint density at radius 2 is 1.77 bits per heavy atom. The van der Waals surface area contributed by atoms with Crippen LogP contribution in [0.3, 0.4) is 0 Å². The van der Waals surface area contributed by atoms with Gasteiger partial charge in [-0.1, -0.05) is 30.3 Å². The van der Waals surface area contributed by atoms with Gasteiger partial charge < -0.3 is 9.80 Å². The summed E-state index contributed by atoms with van der Waals surface area (Å²) in [6.45, 7) is 8.77. The number of fused-ring (bicyclic) bond motifs is 3. The first-order valence-electron chi connectivity index (χ1n) is 12.4. The zero-order chi connectivity index (χ0) is 24.1. The zero-order valence-corrected chi connectivity index (χ0v) is 21.3. The summed E-state index contributed by atoms with van der Waals surface area (Å²) in [5.41, 5.74) is 8.39. The maximum Gasteiger partial charge on any atom is 0.264 e. The molecule has 6 rings (SSSR count). The Balaban J connectivity index is 1.25. The topological polar surface area (TPSA) is 41.4 Å². The third-order valence-electron chi connectivity index (χ3n) is 7.28. The molecule has 2 aliphatic rings. The average Bonchev–Trinajstić information content (AvgIpc) is 3.45. The summed E-state index contributed by atoms with van der Waals surface area (Å²) < 4.78 is 2.08. The van der Waals surface area contributed by atoms with Crippen LogP contribution in [0.4, 0.5) is 5.69 Å². The Labute approximate surface area is 210 Å². The number of hydrogen-bond acceptors (Lipinski definition) is 4. The van der Waals surface area contributed by atoms with E-state index >= 15 is 0 Å². The van der Waals surface area contributed by atoms with Crippen LogP contribution in [0.25, 0.3) is 16.1 Å². The molecule has 35 heavy (non-hydrogen) atoms. The van der Waals surface area contributed by atoms with Gasteiger partial charge in [0.05, 0.1) is 22.0 Å². The summed E-state index contributed by atoms with van der Waals surface area (Å²) in [5, 5.41) is 4.88. The molecule has 2 aromatic heterocycles. The fourth-order valence-electron chi connectivity index (χ4n) is 5.56. The molecule has 1 aliphatic carbocycles. The second-order valence-electron chi connectivity index (χ2n) is 9.75. The van der Waals surface area contributed by atoms with Gasteiger partial charge in [-0.3, -0.25) is 4.79 Å². The minimum absolute atomic E-state index is 0.162. The van der Waals surface area contributed by atoms with Crippen LogP contribution in [0.2, 0.25) is 0 Å². The minimum Gasteiger partial charge on any atom is -0.365 e. The molecule has 178 valence electrons. The number of anilines is 1. The van der Waals surface area contributed by atoms with Crippen molar-refractivity contribution in [2.45, 2.75) is 39.7 Å². The number of nitrogens with zero attached hydrogens (tertiary/aromatic N) is 4. The van der Waals surface area contributed by atoms with Gasteiger partial charge in [0.1, 0.15) is 0 Å². The number of hydrogen-bond donors (Lipinski definition) is 0. The lowest BCUT2D eigenvalue weighted by molar-refractivity contribution is 0.0731. The molecule has 4 aromatic rings. The lowest BCUT2D eigenvalue weighted by Crippen LogP contribution is -2.53. The van der Waals surface area contributed by atoms with Gasteiger partial charge in [0.2, 0.25) is 0 Å². The highest BCUT2D eigenvalue weighted by molar-refractivity contribution is 7.17. The first-order chi connectivity index (χ1) is 17.0. The van der Waals surface area contributed by atoms with Gasteiger partial charge in [0.25, 0.3) is 5.91 Å². The van der Waals surface area contributed by atoms with Crippen molar-refractivity contribution in [3.05, 3.63) is 88.1 Å². The fraction of sp³-hybridized carbons (Fsp3) is 0.310. The average molecular weight is 483 g/mol. The highest BCUT2D eigenvalue weighted by Crippen LogP contribution is 2.42. The van der Waals surface area contributed by atoms with Crippen LogP contribution in [-0.4, -0.2) is 46.3 Å². The summed E-state index contributed by atoms with van der Waals surface area (Å²) in [6.07, 6.45) is 1.89. The van der Waals surface area contributed by atoms with Crippen LogP contribution in [0.5, 0.6) is 0 Å². The number of benzene rings is 2. The summed E-state index contributed by atoms with van der Waals surface area (Å²) >= 11 is 1.64. The second-order valence-corrected chi connectivity index (χ2v) is 10.8. The van der Waals surface area contributed by atoms with E-state index in [0.717, 1.165) is 48.7 Å². The molecule has 1 fully saturated rings. The lowest BCUT2D eigenvalue weighted by Gasteiger charge is -2.41. The van der Waals surface area contributed by atoms with E-state index in [1.54, 1.807) is 11.3 Å². The molecule has 0 bridgehead atoms. The number of carbonyl (C=O) groups excluding carboxylic acids is 1. The molecule has 0 N–H and O–H groups in total. The van der Waals surface area contributed by atoms with Gasteiger partial charge in [-0.05, 0) is 75.1 Å². The maximum atomic E-state index is 13.6. The van der Waals surface area contributed by atoms with E-state index in [9.17, 15) is 4.79 Å². The Hall–Kier alpha value is -3.38. The Bertz CT molecular complexity index is 1400. The Morgan fingerprint density at radius 1 is 0.971 bits per heavy atom. The van der Waals surface area contributed by atoms with Crippen LogP contribution in [0.15, 0.2) is 60.7 Å². The molecule has 0 spiro atoms. The maximum absolute atomic E-state index is 13.6. The molecule has 1 aliphatic heterocycles. The molecule has 6 heteroatoms. The van der Waals surface area contributed by atoms with Crippen LogP contribution < -0.4 is 4.90 Å². The number of amides is 1. The molecule has 5 nitrogen and oxygen atoms in total. The van der Waals surface area contributed by atoms with Gasteiger partial charge in [-0.25, -0.2) is 4.68 Å². The van der Waals surface area contributed by atoms with E-state index in [-0.39, 0.29) is 11.9 Å². The number of carbonyl (C=O) groups is 1. The summed E-state index contributed by atoms with van der Waals surface area (Å²) in [6, 6.07) is 21.4. The van der Waals surface area contributed by atoms with E-state index in [2.05, 4.69) is 85.0 Å². The number of aromatic nitrogens is 2. The first-order valence-corrected chi connectivity index (χ1v) is 13.2. The Morgan fingerprint density at radius 3 is 2.54 bits per heavy atom. The predicted octanol–water partition coefficient (Wildman–Crippen LogP) is 5.67. The molecular formula is C29H30N4OS. The molecule has 1 amide bonds. The van der Waals surface area contributed by atoms with E-state index < -0.39 is 0 Å². The lowest BCUT2D eigenvalue weighted by atomic mass is 9.95. The number of para-hydroxylation sites is 1. The zero-order valence-electron chi connectivity index (χ0n) is 20.5. The number of thiophene rings is 1. The molecule has 3 heterocycles. The van der Waals surface area contributed by atoms with Crippen molar-refractivity contribution in [2.75, 3.05) is 24.5 Å². The van der Waals surface area contributed by atoms with Crippen molar-refractivity contribution in [1.29, 1.82) is 0 Å². The van der Waals surface area contributed by atoms with Crippen LogP contribution in [0, 0.1) is 13.8 Å². The quantitative estimate of drug-likeness (QED) is 0.378. The standard InChI is InChI=1S/C29H30N4OS/c1-19-8-7-11-24(16-19)32-15-14-31(18-20(32)2)29(34)26-17-22-12-13-25-27(28(22)35-26)21(3)30-33(25)23-9-5-4-6-10-23/h4-11,16-17,20H,12-15,18H2,1-3H3. The highest BCUT2D eigenvalue weighted by atomic mass is 32.1. The van der Waals surface area contributed by atoms with Crippen LogP contribution >= 0.6 is 11.3 Å². The number of aryl methyl sites for hydroxylation is 3. The summed E-state index contributed by atoms with van der Waals surface area (Å²) in [4.78, 5) is 20.1. The first kappa shape index (κ1) is 22.1. The normalized spacial score (nSPS) is 17.3. The van der Waals surface area contributed by atoms with Gasteiger partial charge in [0, 0.05) is 41.8 Å². The van der Waals surface area contributed by atoms with E-state index in [0.29, 0.717) is 0 Å². The van der Waals surface area contributed by atoms with Crippen molar-refractivity contribution in [2.24, 2.45) is 0 Å². The smallest absolute Gasteiger partial charge is 0.264 e. The van der Waals surface area contributed by atoms with E-state index in [1.807, 2.05) is 11.0 Å². The third kappa shape index (κ3) is 3.86. The molecule has 1 atom stereocenters. The third-order valence-corrected chi connectivity index (χ3v) is 8.47. The molecule has 0 radical (unpaired) electrons. The van der Waals surface area contributed by atoms with Crippen molar-refractivity contribution in [3.8, 4) is 16.1 Å². The van der Waals surface area contributed by atoms with Gasteiger partial charge in [0.15, 0.2) is 0 Å². The van der Waals surface area contributed by atoms with Crippen molar-refractivity contribution < 1.29 is 4.79 Å². The molecular weight excluding hydrogens is 452 g/mol. The second kappa shape index (κ2) is 8.68. The molecule has 1 saturated heterocycles. The largest absolute Gasteiger partial charge is 0.365 e. The number of piperazine rings is 1. The van der Waals surface area contributed by atoms with Gasteiger partial charge in [-0.2, -0.15) is 5.10 Å².